The smallest absolute Gasteiger partial charge is 0.323 e. The molecule has 0 radical (unpaired) electrons. The number of rotatable bonds is 3. The van der Waals surface area contributed by atoms with Crippen molar-refractivity contribution in [3.63, 3.8) is 0 Å². The first-order chi connectivity index (χ1) is 15.2. The van der Waals surface area contributed by atoms with Crippen molar-refractivity contribution in [2.75, 3.05) is 6.54 Å². The van der Waals surface area contributed by atoms with Crippen LogP contribution in [0.25, 0.3) is 0 Å². The van der Waals surface area contributed by atoms with E-state index in [0.717, 1.165) is 0 Å². The average Bonchev–Trinajstić information content (AvgIpc) is 2.63. The fourth-order valence-electron chi connectivity index (χ4n) is 5.49. The van der Waals surface area contributed by atoms with E-state index < -0.39 is 11.9 Å². The Labute approximate surface area is 210 Å². The molecule has 1 aromatic carbocycles. The minimum Gasteiger partial charge on any atom is -0.506 e. The molecule has 0 unspecified atom stereocenters. The highest BCUT2D eigenvalue weighted by Gasteiger charge is 2.49. The van der Waals surface area contributed by atoms with E-state index in [2.05, 4.69) is 31.9 Å². The first kappa shape index (κ1) is 24.2. The number of carboxylic acid groups (broad SMARTS) is 1. The van der Waals surface area contributed by atoms with Crippen molar-refractivity contribution in [3.05, 3.63) is 49.2 Å². The Hall–Kier alpha value is -1.93. The summed E-state index contributed by atoms with van der Waals surface area (Å²) in [6.07, 6.45) is 1.61. The number of ketones is 2. The maximum absolute atomic E-state index is 13.6. The topological polar surface area (TPSA) is 94.9 Å². The normalized spacial score (nSPS) is 22.4. The lowest BCUT2D eigenvalue weighted by Crippen LogP contribution is -2.45. The molecule has 0 spiro atoms. The maximum atomic E-state index is 13.6. The van der Waals surface area contributed by atoms with Crippen molar-refractivity contribution in [2.45, 2.75) is 59.3 Å². The summed E-state index contributed by atoms with van der Waals surface area (Å²) in [4.78, 5) is 40.7. The first-order valence-electron chi connectivity index (χ1n) is 10.9. The van der Waals surface area contributed by atoms with Gasteiger partial charge in [0.25, 0.3) is 0 Å². The molecule has 0 amide bonds. The third-order valence-corrected chi connectivity index (χ3v) is 7.75. The van der Waals surface area contributed by atoms with Crippen LogP contribution in [0, 0.1) is 10.8 Å². The summed E-state index contributed by atoms with van der Waals surface area (Å²) in [6.45, 7) is 7.67. The highest BCUT2D eigenvalue weighted by molar-refractivity contribution is 9.11. The molecule has 4 rings (SSSR count). The highest BCUT2D eigenvalue weighted by Crippen LogP contribution is 2.56. The molecule has 1 heterocycles. The number of carbonyl (C=O) groups is 3. The number of carboxylic acids is 1. The van der Waals surface area contributed by atoms with Gasteiger partial charge in [-0.1, -0.05) is 43.6 Å². The zero-order valence-corrected chi connectivity index (χ0v) is 22.3. The van der Waals surface area contributed by atoms with Crippen LogP contribution in [-0.2, 0) is 14.4 Å². The summed E-state index contributed by atoms with van der Waals surface area (Å²) < 4.78 is 1.16. The predicted molar refractivity (Wildman–Crippen MR) is 131 cm³/mol. The largest absolute Gasteiger partial charge is 0.506 e. The number of halogens is 2. The fraction of sp³-hybridized carbons (Fsp3) is 0.480. The summed E-state index contributed by atoms with van der Waals surface area (Å²) in [5.41, 5.74) is 1.96. The highest BCUT2D eigenvalue weighted by atomic mass is 79.9. The zero-order chi connectivity index (χ0) is 24.5. The molecular weight excluding hydrogens is 554 g/mol. The van der Waals surface area contributed by atoms with E-state index in [-0.39, 0.29) is 34.7 Å². The summed E-state index contributed by atoms with van der Waals surface area (Å²) in [5, 5.41) is 20.7. The molecule has 33 heavy (non-hydrogen) atoms. The van der Waals surface area contributed by atoms with Gasteiger partial charge in [0.2, 0.25) is 0 Å². The van der Waals surface area contributed by atoms with Crippen LogP contribution < -0.4 is 0 Å². The first-order valence-corrected chi connectivity index (χ1v) is 12.5. The molecule has 2 aliphatic carbocycles. The van der Waals surface area contributed by atoms with Gasteiger partial charge in [0.1, 0.15) is 12.3 Å². The second kappa shape index (κ2) is 8.08. The van der Waals surface area contributed by atoms with E-state index in [1.54, 1.807) is 17.0 Å². The van der Waals surface area contributed by atoms with Crippen LogP contribution >= 0.6 is 31.9 Å². The summed E-state index contributed by atoms with van der Waals surface area (Å²) in [5.74, 6) is -2.00. The molecule has 0 atom stereocenters. The molecule has 8 heteroatoms. The molecular formula is C25H27Br2NO5. The summed E-state index contributed by atoms with van der Waals surface area (Å²) in [7, 11) is 0. The van der Waals surface area contributed by atoms with E-state index in [9.17, 15) is 24.6 Å². The van der Waals surface area contributed by atoms with Gasteiger partial charge in [0.15, 0.2) is 11.6 Å². The van der Waals surface area contributed by atoms with Gasteiger partial charge in [-0.05, 0) is 51.7 Å². The van der Waals surface area contributed by atoms with Crippen molar-refractivity contribution in [2.24, 2.45) is 10.8 Å². The van der Waals surface area contributed by atoms with Gasteiger partial charge in [0.05, 0.1) is 4.47 Å². The predicted octanol–water partition coefficient (Wildman–Crippen LogP) is 5.69. The second-order valence-electron chi connectivity index (χ2n) is 10.8. The van der Waals surface area contributed by atoms with E-state index in [0.29, 0.717) is 62.7 Å². The molecule has 2 N–H and O–H groups in total. The number of nitrogens with zero attached hydrogens (tertiary/aromatic N) is 1. The number of phenolic OH excluding ortho intramolecular Hbond substituents is 1. The summed E-state index contributed by atoms with van der Waals surface area (Å²) in [6, 6.07) is 3.45. The number of hydrogen-bond acceptors (Lipinski definition) is 5. The molecule has 3 aliphatic rings. The van der Waals surface area contributed by atoms with Crippen LogP contribution in [0.5, 0.6) is 5.75 Å². The van der Waals surface area contributed by atoms with Gasteiger partial charge in [-0.3, -0.25) is 14.4 Å². The maximum Gasteiger partial charge on any atom is 0.323 e. The lowest BCUT2D eigenvalue weighted by atomic mass is 9.63. The molecule has 0 saturated carbocycles. The number of aromatic hydroxyl groups is 1. The van der Waals surface area contributed by atoms with Crippen molar-refractivity contribution in [1.29, 1.82) is 0 Å². The Morgan fingerprint density at radius 3 is 1.91 bits per heavy atom. The van der Waals surface area contributed by atoms with Crippen LogP contribution in [0.3, 0.4) is 0 Å². The Morgan fingerprint density at radius 1 is 0.970 bits per heavy atom. The van der Waals surface area contributed by atoms with E-state index in [1.807, 2.05) is 27.7 Å². The third kappa shape index (κ3) is 4.32. The van der Waals surface area contributed by atoms with Gasteiger partial charge < -0.3 is 15.1 Å². The van der Waals surface area contributed by atoms with Gasteiger partial charge >= 0.3 is 5.97 Å². The lowest BCUT2D eigenvalue weighted by molar-refractivity contribution is -0.138. The van der Waals surface area contributed by atoms with Gasteiger partial charge in [-0.15, -0.1) is 0 Å². The van der Waals surface area contributed by atoms with Crippen molar-refractivity contribution in [1.82, 2.24) is 4.90 Å². The fourth-order valence-corrected chi connectivity index (χ4v) is 6.75. The monoisotopic (exact) mass is 579 g/mol. The minimum absolute atomic E-state index is 0.0242. The SMILES string of the molecule is CC1(C)CC(=O)C2=C(C1)N(CC(=O)O)C1=C(C(=O)CC(C)(C)C1)C2c1cc(Br)cc(Br)c1O. The van der Waals surface area contributed by atoms with Crippen LogP contribution in [0.2, 0.25) is 0 Å². The van der Waals surface area contributed by atoms with Gasteiger partial charge in [0, 0.05) is 51.3 Å². The van der Waals surface area contributed by atoms with Gasteiger partial charge in [-0.25, -0.2) is 0 Å². The van der Waals surface area contributed by atoms with Crippen LogP contribution in [0.4, 0.5) is 0 Å². The Bertz CT molecular complexity index is 1110. The van der Waals surface area contributed by atoms with Crippen LogP contribution in [-0.4, -0.2) is 39.2 Å². The van der Waals surface area contributed by atoms with Crippen LogP contribution in [0.15, 0.2) is 43.6 Å². The van der Waals surface area contributed by atoms with E-state index in [4.69, 9.17) is 0 Å². The Kier molecular flexibility index (Phi) is 5.93. The molecule has 6 nitrogen and oxygen atoms in total. The number of carbonyl (C=O) groups excluding carboxylic acids is 2. The number of hydrogen-bond donors (Lipinski definition) is 2. The van der Waals surface area contributed by atoms with E-state index >= 15 is 0 Å². The quantitative estimate of drug-likeness (QED) is 0.477. The van der Waals surface area contributed by atoms with Crippen molar-refractivity contribution < 1.29 is 24.6 Å². The number of benzene rings is 1. The number of Topliss-reactive ketones (excluding diaryl/α,β-unsaturated/α-hetero) is 2. The number of allylic oxidation sites excluding steroid dienone is 4. The molecule has 0 fully saturated rings. The molecule has 0 bridgehead atoms. The number of phenols is 1. The van der Waals surface area contributed by atoms with Crippen molar-refractivity contribution in [3.8, 4) is 5.75 Å². The molecule has 1 aromatic rings. The van der Waals surface area contributed by atoms with Crippen molar-refractivity contribution >= 4 is 49.4 Å². The number of aliphatic carboxylic acids is 1. The standard InChI is InChI=1S/C25H27Br2NO5/c1-24(2)7-15-21(17(29)9-24)20(13-5-12(26)6-14(27)23(13)33)22-16(28(15)11-19(31)32)8-25(3,4)10-18(22)30/h5-6,20,33H,7-11H2,1-4H3,(H,31,32). The zero-order valence-electron chi connectivity index (χ0n) is 19.1. The lowest BCUT2D eigenvalue weighted by Gasteiger charge is -2.48. The molecule has 0 aromatic heterocycles. The minimum atomic E-state index is -1.02. The average molecular weight is 581 g/mol. The van der Waals surface area contributed by atoms with E-state index in [1.165, 1.54) is 0 Å². The second-order valence-corrected chi connectivity index (χ2v) is 12.6. The molecule has 176 valence electrons. The van der Waals surface area contributed by atoms with Crippen LogP contribution in [0.1, 0.15) is 64.9 Å². The Morgan fingerprint density at radius 2 is 1.45 bits per heavy atom. The molecule has 0 saturated heterocycles. The molecule has 1 aliphatic heterocycles. The third-order valence-electron chi connectivity index (χ3n) is 6.68. The summed E-state index contributed by atoms with van der Waals surface area (Å²) >= 11 is 6.85. The van der Waals surface area contributed by atoms with Gasteiger partial charge in [-0.2, -0.15) is 0 Å². The Balaban J connectivity index is 2.07.